The number of aromatic nitrogens is 1. The van der Waals surface area contributed by atoms with Crippen LogP contribution in [0.4, 0.5) is 4.79 Å². The largest absolute Gasteiger partial charge is 0.467 e. The summed E-state index contributed by atoms with van der Waals surface area (Å²) in [6, 6.07) is 20.1. The van der Waals surface area contributed by atoms with Crippen molar-refractivity contribution in [2.75, 3.05) is 7.11 Å². The first kappa shape index (κ1) is 28.7. The molecule has 3 amide bonds. The van der Waals surface area contributed by atoms with Gasteiger partial charge in [-0.25, -0.2) is 14.2 Å². The minimum Gasteiger partial charge on any atom is -0.467 e. The number of nitrogens with zero attached hydrogens (tertiary/aromatic N) is 2. The number of rotatable bonds is 8. The van der Waals surface area contributed by atoms with Crippen LogP contribution in [0.5, 0.6) is 0 Å². The van der Waals surface area contributed by atoms with E-state index in [4.69, 9.17) is 9.47 Å². The molecule has 4 aromatic rings. The first-order valence-corrected chi connectivity index (χ1v) is 13.9. The second-order valence-corrected chi connectivity index (χ2v) is 10.4. The quantitative estimate of drug-likeness (QED) is 0.225. The second kappa shape index (κ2) is 12.0. The van der Waals surface area contributed by atoms with Crippen LogP contribution in [0.3, 0.4) is 0 Å². The number of esters is 1. The fraction of sp³-hybridized carbons (Fsp3) is 0.194. The third-order valence-corrected chi connectivity index (χ3v) is 7.89. The van der Waals surface area contributed by atoms with Crippen LogP contribution in [0.1, 0.15) is 38.8 Å². The van der Waals surface area contributed by atoms with E-state index in [-0.39, 0.29) is 24.2 Å². The van der Waals surface area contributed by atoms with E-state index in [1.165, 1.54) is 30.7 Å². The Morgan fingerprint density at radius 1 is 0.881 bits per heavy atom. The third kappa shape index (κ3) is 5.30. The first-order chi connectivity index (χ1) is 20.2. The number of nitrogens with one attached hydrogen (secondary N) is 1. The van der Waals surface area contributed by atoms with Crippen molar-refractivity contribution in [3.05, 3.63) is 106 Å². The molecule has 1 aliphatic heterocycles. The van der Waals surface area contributed by atoms with Crippen LogP contribution in [0.2, 0.25) is 0 Å². The van der Waals surface area contributed by atoms with Gasteiger partial charge in [0.1, 0.15) is 18.7 Å². The average molecular weight is 632 g/mol. The maximum Gasteiger partial charge on any atom is 0.419 e. The molecule has 10 nitrogen and oxygen atoms in total. The van der Waals surface area contributed by atoms with E-state index in [9.17, 15) is 24.0 Å². The highest BCUT2D eigenvalue weighted by Crippen LogP contribution is 2.34. The van der Waals surface area contributed by atoms with Gasteiger partial charge in [0.25, 0.3) is 11.8 Å². The molecular formula is C31H26BrN3O7. The third-order valence-electron chi connectivity index (χ3n) is 7.05. The van der Waals surface area contributed by atoms with Crippen LogP contribution >= 0.6 is 15.9 Å². The van der Waals surface area contributed by atoms with E-state index in [2.05, 4.69) is 21.2 Å². The fourth-order valence-corrected chi connectivity index (χ4v) is 5.67. The molecule has 2 heterocycles. The Hall–Kier alpha value is -4.77. The molecule has 0 radical (unpaired) electrons. The molecule has 1 N–H and O–H groups in total. The number of imide groups is 1. The Bertz CT molecular complexity index is 1680. The van der Waals surface area contributed by atoms with Gasteiger partial charge < -0.3 is 14.8 Å². The molecule has 42 heavy (non-hydrogen) atoms. The van der Waals surface area contributed by atoms with E-state index < -0.39 is 41.9 Å². The van der Waals surface area contributed by atoms with E-state index in [0.29, 0.717) is 21.1 Å². The lowest BCUT2D eigenvalue weighted by atomic mass is 10.0. The molecule has 0 fully saturated rings. The molecule has 0 aliphatic carbocycles. The molecule has 1 aromatic heterocycles. The molecule has 0 saturated heterocycles. The van der Waals surface area contributed by atoms with Crippen LogP contribution in [0.25, 0.3) is 10.9 Å². The maximum atomic E-state index is 13.7. The van der Waals surface area contributed by atoms with Crippen molar-refractivity contribution in [2.45, 2.75) is 32.0 Å². The van der Waals surface area contributed by atoms with Crippen molar-refractivity contribution in [1.82, 2.24) is 14.8 Å². The Balaban J connectivity index is 1.53. The van der Waals surface area contributed by atoms with Gasteiger partial charge in [0.05, 0.1) is 28.4 Å². The Labute approximate surface area is 249 Å². The number of methoxy groups -OCH3 is 1. The minimum absolute atomic E-state index is 0.0411. The number of hydrogen-bond donors (Lipinski definition) is 1. The number of hydrogen-bond acceptors (Lipinski definition) is 7. The lowest BCUT2D eigenvalue weighted by Crippen LogP contribution is -2.53. The second-order valence-electron chi connectivity index (χ2n) is 9.66. The number of carbonyl (C=O) groups excluding carboxylic acids is 5. The van der Waals surface area contributed by atoms with E-state index >= 15 is 0 Å². The number of amides is 3. The van der Waals surface area contributed by atoms with E-state index in [0.717, 1.165) is 10.5 Å². The van der Waals surface area contributed by atoms with Gasteiger partial charge in [-0.15, -0.1) is 0 Å². The van der Waals surface area contributed by atoms with Gasteiger partial charge in [-0.2, -0.15) is 0 Å². The fourth-order valence-electron chi connectivity index (χ4n) is 4.96. The summed E-state index contributed by atoms with van der Waals surface area (Å²) in [5.41, 5.74) is 2.15. The zero-order chi connectivity index (χ0) is 30.0. The molecule has 0 spiro atoms. The molecule has 3 aromatic carbocycles. The summed E-state index contributed by atoms with van der Waals surface area (Å²) >= 11 is 3.52. The van der Waals surface area contributed by atoms with Crippen LogP contribution in [0, 0.1) is 0 Å². The summed E-state index contributed by atoms with van der Waals surface area (Å²) in [6.45, 7) is 1.48. The van der Waals surface area contributed by atoms with Crippen molar-refractivity contribution in [2.24, 2.45) is 0 Å². The SMILES string of the molecule is COC(=O)[C@H](C)NC(=O)[C@@H](Cc1c(Br)n(C(=O)OCc2ccccc2)c2ccccc12)N1C(=O)c2ccccc2C1=O. The first-order valence-electron chi connectivity index (χ1n) is 13.1. The van der Waals surface area contributed by atoms with Crippen LogP contribution in [-0.4, -0.2) is 58.4 Å². The van der Waals surface area contributed by atoms with Crippen molar-refractivity contribution < 1.29 is 33.4 Å². The van der Waals surface area contributed by atoms with Crippen molar-refractivity contribution in [3.63, 3.8) is 0 Å². The summed E-state index contributed by atoms with van der Waals surface area (Å²) in [4.78, 5) is 66.9. The van der Waals surface area contributed by atoms with E-state index in [1.54, 1.807) is 36.4 Å². The zero-order valence-corrected chi connectivity index (χ0v) is 24.3. The average Bonchev–Trinajstić information content (AvgIpc) is 3.43. The molecular weight excluding hydrogens is 606 g/mol. The number of halogens is 1. The number of carbonyl (C=O) groups is 5. The maximum absolute atomic E-state index is 13.7. The van der Waals surface area contributed by atoms with Gasteiger partial charge in [-0.05, 0) is 52.2 Å². The molecule has 5 rings (SSSR count). The van der Waals surface area contributed by atoms with Crippen molar-refractivity contribution in [3.8, 4) is 0 Å². The molecule has 0 unspecified atom stereocenters. The summed E-state index contributed by atoms with van der Waals surface area (Å²) in [7, 11) is 1.19. The van der Waals surface area contributed by atoms with Gasteiger partial charge in [-0.1, -0.05) is 60.7 Å². The number of fused-ring (bicyclic) bond motifs is 2. The number of para-hydroxylation sites is 1. The standard InChI is InChI=1S/C31H26BrN3O7/c1-18(30(39)41-2)33-27(36)25(35-28(37)21-13-6-7-14-22(21)29(35)38)16-23-20-12-8-9-15-24(20)34(26(23)32)31(40)42-17-19-10-4-3-5-11-19/h3-15,18,25H,16-17H2,1-2H3,(H,33,36)/t18-,25+/m0/s1. The molecule has 2 atom stereocenters. The van der Waals surface area contributed by atoms with Gasteiger partial charge in [-0.3, -0.25) is 19.3 Å². The number of ether oxygens (including phenoxy) is 2. The highest BCUT2D eigenvalue weighted by atomic mass is 79.9. The van der Waals surface area contributed by atoms with Crippen molar-refractivity contribution >= 4 is 56.6 Å². The number of benzene rings is 3. The summed E-state index contributed by atoms with van der Waals surface area (Å²) in [5.74, 6) is -2.70. The van der Waals surface area contributed by atoms with Crippen LogP contribution < -0.4 is 5.32 Å². The molecule has 214 valence electrons. The van der Waals surface area contributed by atoms with Crippen LogP contribution in [0.15, 0.2) is 83.5 Å². The van der Waals surface area contributed by atoms with Crippen LogP contribution in [-0.2, 0) is 32.1 Å². The predicted molar refractivity (Wildman–Crippen MR) is 156 cm³/mol. The zero-order valence-electron chi connectivity index (χ0n) is 22.7. The lowest BCUT2D eigenvalue weighted by Gasteiger charge is -2.26. The topological polar surface area (TPSA) is 124 Å². The molecule has 1 aliphatic rings. The van der Waals surface area contributed by atoms with Gasteiger partial charge in [0.15, 0.2) is 0 Å². The highest BCUT2D eigenvalue weighted by Gasteiger charge is 2.44. The van der Waals surface area contributed by atoms with Gasteiger partial charge in [0, 0.05) is 11.8 Å². The Morgan fingerprint density at radius 2 is 1.48 bits per heavy atom. The molecule has 0 bridgehead atoms. The molecule has 0 saturated carbocycles. The van der Waals surface area contributed by atoms with Gasteiger partial charge in [0.2, 0.25) is 5.91 Å². The minimum atomic E-state index is -1.36. The normalized spacial score (nSPS) is 13.9. The molecule has 11 heteroatoms. The Kier molecular flexibility index (Phi) is 8.21. The smallest absolute Gasteiger partial charge is 0.419 e. The predicted octanol–water partition coefficient (Wildman–Crippen LogP) is 4.47. The monoisotopic (exact) mass is 631 g/mol. The van der Waals surface area contributed by atoms with E-state index in [1.807, 2.05) is 30.3 Å². The summed E-state index contributed by atoms with van der Waals surface area (Å²) in [5, 5.41) is 3.17. The summed E-state index contributed by atoms with van der Waals surface area (Å²) in [6.07, 6.45) is -0.820. The van der Waals surface area contributed by atoms with Crippen molar-refractivity contribution in [1.29, 1.82) is 0 Å². The lowest BCUT2D eigenvalue weighted by molar-refractivity contribution is -0.145. The van der Waals surface area contributed by atoms with Gasteiger partial charge >= 0.3 is 12.1 Å². The highest BCUT2D eigenvalue weighted by molar-refractivity contribution is 9.10. The summed E-state index contributed by atoms with van der Waals surface area (Å²) < 4.78 is 11.9. The Morgan fingerprint density at radius 3 is 2.12 bits per heavy atom.